The van der Waals surface area contributed by atoms with E-state index in [4.69, 9.17) is 0 Å². The highest BCUT2D eigenvalue weighted by Crippen LogP contribution is 2.35. The van der Waals surface area contributed by atoms with E-state index < -0.39 is 6.04 Å². The average Bonchev–Trinajstić information content (AvgIpc) is 3.02. The summed E-state index contributed by atoms with van der Waals surface area (Å²) in [5.74, 6) is 0.429. The third-order valence-electron chi connectivity index (χ3n) is 5.68. The van der Waals surface area contributed by atoms with Gasteiger partial charge in [-0.1, -0.05) is 24.6 Å². The second kappa shape index (κ2) is 7.17. The highest BCUT2D eigenvalue weighted by atomic mass is 32.1. The molecular formula is C22H25N3O2S. The fraction of sp³-hybridized carbons (Fsp3) is 0.409. The topological polar surface area (TPSA) is 64.0 Å². The smallest absolute Gasteiger partial charge is 0.263 e. The number of hydrogen-bond acceptors (Lipinski definition) is 4. The standard InChI is InChI=1S/C22H25N3O2S/c1-12-6-8-17(14(3)9-12)24-20(26)15(4)25-11-23-21-19(22(25)27)16-7-5-13(2)10-18(16)28-21/h6,8-9,11,13,15H,5,7,10H2,1-4H3,(H,24,26)/t13-,15+/m0/s1. The van der Waals surface area contributed by atoms with Crippen LogP contribution in [0.1, 0.15) is 47.9 Å². The third-order valence-corrected chi connectivity index (χ3v) is 6.84. The number of anilines is 1. The van der Waals surface area contributed by atoms with Crippen molar-refractivity contribution in [3.05, 3.63) is 56.4 Å². The predicted molar refractivity (Wildman–Crippen MR) is 114 cm³/mol. The van der Waals surface area contributed by atoms with Crippen LogP contribution in [-0.4, -0.2) is 15.5 Å². The number of rotatable bonds is 3. The first-order chi connectivity index (χ1) is 13.3. The number of amides is 1. The van der Waals surface area contributed by atoms with Crippen LogP contribution in [0.3, 0.4) is 0 Å². The molecule has 0 fully saturated rings. The summed E-state index contributed by atoms with van der Waals surface area (Å²) in [6.07, 6.45) is 4.54. The van der Waals surface area contributed by atoms with Crippen LogP contribution in [0.4, 0.5) is 5.69 Å². The Morgan fingerprint density at radius 2 is 2.14 bits per heavy atom. The molecule has 1 aliphatic rings. The SMILES string of the molecule is Cc1ccc(NC(=O)[C@@H](C)n2cnc3sc4c(c3c2=O)CC[C@H](C)C4)c(C)c1. The number of fused-ring (bicyclic) bond motifs is 3. The molecule has 0 unspecified atom stereocenters. The van der Waals surface area contributed by atoms with Crippen molar-refractivity contribution in [1.82, 2.24) is 9.55 Å². The molecule has 0 saturated heterocycles. The molecule has 6 heteroatoms. The van der Waals surface area contributed by atoms with Gasteiger partial charge in [0.2, 0.25) is 5.91 Å². The monoisotopic (exact) mass is 395 g/mol. The number of thiophene rings is 1. The summed E-state index contributed by atoms with van der Waals surface area (Å²) in [7, 11) is 0. The molecule has 0 radical (unpaired) electrons. The molecule has 3 aromatic rings. The molecule has 4 rings (SSSR count). The molecule has 1 N–H and O–H groups in total. The van der Waals surface area contributed by atoms with Gasteiger partial charge in [-0.05, 0) is 63.1 Å². The molecule has 2 heterocycles. The Morgan fingerprint density at radius 1 is 1.36 bits per heavy atom. The van der Waals surface area contributed by atoms with Crippen LogP contribution in [0.5, 0.6) is 0 Å². The van der Waals surface area contributed by atoms with E-state index in [2.05, 4.69) is 17.2 Å². The minimum Gasteiger partial charge on any atom is -0.324 e. The lowest BCUT2D eigenvalue weighted by atomic mass is 9.89. The summed E-state index contributed by atoms with van der Waals surface area (Å²) in [5, 5.41) is 3.66. The molecule has 2 atom stereocenters. The van der Waals surface area contributed by atoms with Gasteiger partial charge in [0.25, 0.3) is 5.56 Å². The molecule has 146 valence electrons. The van der Waals surface area contributed by atoms with Gasteiger partial charge >= 0.3 is 0 Å². The largest absolute Gasteiger partial charge is 0.324 e. The highest BCUT2D eigenvalue weighted by Gasteiger charge is 2.25. The fourth-order valence-electron chi connectivity index (χ4n) is 3.94. The maximum Gasteiger partial charge on any atom is 0.263 e. The minimum atomic E-state index is -0.636. The lowest BCUT2D eigenvalue weighted by molar-refractivity contribution is -0.118. The summed E-state index contributed by atoms with van der Waals surface area (Å²) in [6, 6.07) is 5.25. The van der Waals surface area contributed by atoms with Crippen molar-refractivity contribution in [1.29, 1.82) is 0 Å². The van der Waals surface area contributed by atoms with Gasteiger partial charge < -0.3 is 5.32 Å². The molecular weight excluding hydrogens is 370 g/mol. The van der Waals surface area contributed by atoms with Crippen molar-refractivity contribution in [2.75, 3.05) is 5.32 Å². The van der Waals surface area contributed by atoms with Gasteiger partial charge in [-0.3, -0.25) is 14.2 Å². The van der Waals surface area contributed by atoms with Crippen LogP contribution in [-0.2, 0) is 17.6 Å². The van der Waals surface area contributed by atoms with Gasteiger partial charge in [0, 0.05) is 10.6 Å². The molecule has 0 bridgehead atoms. The Morgan fingerprint density at radius 3 is 2.89 bits per heavy atom. The highest BCUT2D eigenvalue weighted by molar-refractivity contribution is 7.18. The lowest BCUT2D eigenvalue weighted by Crippen LogP contribution is -2.32. The molecule has 28 heavy (non-hydrogen) atoms. The number of hydrogen-bond donors (Lipinski definition) is 1. The van der Waals surface area contributed by atoms with Crippen molar-refractivity contribution in [3.8, 4) is 0 Å². The van der Waals surface area contributed by atoms with E-state index in [9.17, 15) is 9.59 Å². The number of benzene rings is 1. The quantitative estimate of drug-likeness (QED) is 0.715. The van der Waals surface area contributed by atoms with Gasteiger partial charge in [0.1, 0.15) is 10.9 Å². The van der Waals surface area contributed by atoms with Gasteiger partial charge in [-0.15, -0.1) is 11.3 Å². The van der Waals surface area contributed by atoms with Crippen molar-refractivity contribution in [3.63, 3.8) is 0 Å². The van der Waals surface area contributed by atoms with Crippen molar-refractivity contribution in [2.45, 2.75) is 53.0 Å². The zero-order valence-corrected chi connectivity index (χ0v) is 17.5. The van der Waals surface area contributed by atoms with Gasteiger partial charge in [-0.25, -0.2) is 4.98 Å². The van der Waals surface area contributed by atoms with E-state index in [1.54, 1.807) is 18.3 Å². The van der Waals surface area contributed by atoms with Crippen LogP contribution < -0.4 is 10.9 Å². The predicted octanol–water partition coefficient (Wildman–Crippen LogP) is 4.40. The summed E-state index contributed by atoms with van der Waals surface area (Å²) in [4.78, 5) is 32.6. The third kappa shape index (κ3) is 3.26. The van der Waals surface area contributed by atoms with E-state index in [0.29, 0.717) is 11.3 Å². The van der Waals surface area contributed by atoms with Crippen molar-refractivity contribution < 1.29 is 4.79 Å². The number of aryl methyl sites for hydroxylation is 3. The second-order valence-electron chi connectivity index (χ2n) is 7.97. The van der Waals surface area contributed by atoms with Crippen LogP contribution in [0.15, 0.2) is 29.3 Å². The Labute approximate surface area is 168 Å². The number of carbonyl (C=O) groups is 1. The summed E-state index contributed by atoms with van der Waals surface area (Å²) in [5.41, 5.74) is 3.95. The Kier molecular flexibility index (Phi) is 4.83. The molecule has 1 amide bonds. The molecule has 1 aromatic carbocycles. The summed E-state index contributed by atoms with van der Waals surface area (Å²) < 4.78 is 1.46. The van der Waals surface area contributed by atoms with Crippen molar-refractivity contribution in [2.24, 2.45) is 5.92 Å². The van der Waals surface area contributed by atoms with Gasteiger partial charge in [0.15, 0.2) is 0 Å². The zero-order valence-electron chi connectivity index (χ0n) is 16.7. The molecule has 5 nitrogen and oxygen atoms in total. The van der Waals surface area contributed by atoms with E-state index in [1.165, 1.54) is 15.8 Å². The molecule has 0 saturated carbocycles. The Balaban J connectivity index is 1.67. The van der Waals surface area contributed by atoms with Gasteiger partial charge in [0.05, 0.1) is 11.7 Å². The van der Waals surface area contributed by atoms with E-state index in [-0.39, 0.29) is 11.5 Å². The van der Waals surface area contributed by atoms with E-state index in [1.807, 2.05) is 32.0 Å². The summed E-state index contributed by atoms with van der Waals surface area (Å²) in [6.45, 7) is 7.98. The molecule has 2 aromatic heterocycles. The van der Waals surface area contributed by atoms with Crippen LogP contribution in [0, 0.1) is 19.8 Å². The zero-order chi connectivity index (χ0) is 20.0. The number of nitrogens with one attached hydrogen (secondary N) is 1. The van der Waals surface area contributed by atoms with Crippen LogP contribution >= 0.6 is 11.3 Å². The molecule has 1 aliphatic carbocycles. The summed E-state index contributed by atoms with van der Waals surface area (Å²) >= 11 is 1.63. The first-order valence-electron chi connectivity index (χ1n) is 9.74. The number of aromatic nitrogens is 2. The van der Waals surface area contributed by atoms with Crippen LogP contribution in [0.25, 0.3) is 10.2 Å². The lowest BCUT2D eigenvalue weighted by Gasteiger charge is -2.18. The normalized spacial score (nSPS) is 17.4. The van der Waals surface area contributed by atoms with Gasteiger partial charge in [-0.2, -0.15) is 0 Å². The second-order valence-corrected chi connectivity index (χ2v) is 9.06. The van der Waals surface area contributed by atoms with Crippen molar-refractivity contribution >= 4 is 33.1 Å². The fourth-order valence-corrected chi connectivity index (χ4v) is 5.28. The first-order valence-corrected chi connectivity index (χ1v) is 10.6. The molecule has 0 spiro atoms. The van der Waals surface area contributed by atoms with E-state index >= 15 is 0 Å². The maximum absolute atomic E-state index is 13.2. The number of nitrogens with zero attached hydrogens (tertiary/aromatic N) is 2. The van der Waals surface area contributed by atoms with E-state index in [0.717, 1.165) is 46.5 Å². The molecule has 0 aliphatic heterocycles. The Bertz CT molecular complexity index is 1130. The Hall–Kier alpha value is -2.47. The average molecular weight is 396 g/mol. The minimum absolute atomic E-state index is 0.111. The maximum atomic E-state index is 13.2. The number of carbonyl (C=O) groups excluding carboxylic acids is 1. The first kappa shape index (κ1) is 18.9. The van der Waals surface area contributed by atoms with Crippen LogP contribution in [0.2, 0.25) is 0 Å².